The second kappa shape index (κ2) is 5.89. The Labute approximate surface area is 116 Å². The molecule has 2 rings (SSSR count). The van der Waals surface area contributed by atoms with Crippen LogP contribution in [0.15, 0.2) is 48.5 Å². The van der Waals surface area contributed by atoms with Crippen LogP contribution in [0, 0.1) is 0 Å². The van der Waals surface area contributed by atoms with E-state index >= 15 is 0 Å². The number of anilines is 1. The highest BCUT2D eigenvalue weighted by Gasteiger charge is 2.08. The molecule has 0 bridgehead atoms. The molecule has 0 amide bonds. The van der Waals surface area contributed by atoms with Crippen LogP contribution in [0.1, 0.15) is 18.5 Å². The van der Waals surface area contributed by atoms with Crippen LogP contribution in [0.4, 0.5) is 5.69 Å². The van der Waals surface area contributed by atoms with E-state index in [2.05, 4.69) is 79.8 Å². The molecule has 0 fully saturated rings. The highest BCUT2D eigenvalue weighted by atomic mass is 15.1. The van der Waals surface area contributed by atoms with Gasteiger partial charge in [0, 0.05) is 31.4 Å². The minimum Gasteiger partial charge on any atom is -0.377 e. The second-order valence-corrected chi connectivity index (χ2v) is 5.05. The van der Waals surface area contributed by atoms with Crippen molar-refractivity contribution in [3.05, 3.63) is 54.1 Å². The molecule has 0 aliphatic rings. The minimum absolute atomic E-state index is 0.367. The van der Waals surface area contributed by atoms with Gasteiger partial charge in [0.15, 0.2) is 0 Å². The van der Waals surface area contributed by atoms with Crippen molar-refractivity contribution in [1.82, 2.24) is 5.32 Å². The van der Waals surface area contributed by atoms with Gasteiger partial charge in [-0.15, -0.1) is 0 Å². The average Bonchev–Trinajstić information content (AvgIpc) is 2.46. The third-order valence-electron chi connectivity index (χ3n) is 3.52. The van der Waals surface area contributed by atoms with Gasteiger partial charge in [0.25, 0.3) is 0 Å². The lowest BCUT2D eigenvalue weighted by molar-refractivity contribution is 0.652. The van der Waals surface area contributed by atoms with Crippen LogP contribution in [0.3, 0.4) is 0 Å². The Morgan fingerprint density at radius 2 is 1.74 bits per heavy atom. The molecule has 0 aliphatic carbocycles. The number of hydrogen-bond acceptors (Lipinski definition) is 2. The van der Waals surface area contributed by atoms with Crippen molar-refractivity contribution < 1.29 is 0 Å². The first kappa shape index (κ1) is 13.6. The van der Waals surface area contributed by atoms with Crippen LogP contribution < -0.4 is 10.2 Å². The summed E-state index contributed by atoms with van der Waals surface area (Å²) in [6.07, 6.45) is 0. The zero-order valence-corrected chi connectivity index (χ0v) is 12.1. The van der Waals surface area contributed by atoms with Gasteiger partial charge in [0.05, 0.1) is 0 Å². The average molecular weight is 254 g/mol. The fraction of sp³-hybridized carbons (Fsp3) is 0.294. The summed E-state index contributed by atoms with van der Waals surface area (Å²) >= 11 is 0. The lowest BCUT2D eigenvalue weighted by Crippen LogP contribution is -2.12. The summed E-state index contributed by atoms with van der Waals surface area (Å²) in [5.41, 5.74) is 5.10. The number of benzene rings is 2. The summed E-state index contributed by atoms with van der Waals surface area (Å²) in [5, 5.41) is 3.29. The Balaban J connectivity index is 2.48. The summed E-state index contributed by atoms with van der Waals surface area (Å²) in [6.45, 7) is 2.18. The molecule has 0 heterocycles. The lowest BCUT2D eigenvalue weighted by atomic mass is 9.98. The first-order valence-corrected chi connectivity index (χ1v) is 6.67. The van der Waals surface area contributed by atoms with Gasteiger partial charge >= 0.3 is 0 Å². The molecule has 1 unspecified atom stereocenters. The fourth-order valence-electron chi connectivity index (χ4n) is 2.25. The number of nitrogens with one attached hydrogen (secondary N) is 1. The molecule has 0 aliphatic heterocycles. The van der Waals surface area contributed by atoms with Crippen LogP contribution in [-0.2, 0) is 0 Å². The van der Waals surface area contributed by atoms with Gasteiger partial charge in [-0.2, -0.15) is 0 Å². The summed E-state index contributed by atoms with van der Waals surface area (Å²) in [7, 11) is 6.16. The Bertz CT molecular complexity index is 546. The van der Waals surface area contributed by atoms with Crippen molar-refractivity contribution in [2.45, 2.75) is 13.0 Å². The number of rotatable bonds is 4. The number of hydrogen-bond donors (Lipinski definition) is 1. The van der Waals surface area contributed by atoms with Gasteiger partial charge in [0.2, 0.25) is 0 Å². The van der Waals surface area contributed by atoms with Crippen molar-refractivity contribution >= 4 is 5.69 Å². The molecule has 0 spiro atoms. The minimum atomic E-state index is 0.367. The SMILES string of the molecule is CNC(C)c1cccc(-c2ccccc2N(C)C)c1. The Kier molecular flexibility index (Phi) is 4.23. The molecule has 2 nitrogen and oxygen atoms in total. The van der Waals surface area contributed by atoms with Crippen molar-refractivity contribution in [2.75, 3.05) is 26.0 Å². The standard InChI is InChI=1S/C17H22N2/c1-13(18-2)14-8-7-9-15(12-14)16-10-5-6-11-17(16)19(3)4/h5-13,18H,1-4H3. The van der Waals surface area contributed by atoms with Gasteiger partial charge in [-0.05, 0) is 37.2 Å². The molecule has 2 aromatic carbocycles. The monoisotopic (exact) mass is 254 g/mol. The highest BCUT2D eigenvalue weighted by molar-refractivity contribution is 5.78. The summed E-state index contributed by atoms with van der Waals surface area (Å²) in [5.74, 6) is 0. The van der Waals surface area contributed by atoms with E-state index in [9.17, 15) is 0 Å². The Hall–Kier alpha value is -1.80. The maximum Gasteiger partial charge on any atom is 0.0440 e. The molecule has 1 atom stereocenters. The smallest absolute Gasteiger partial charge is 0.0440 e. The maximum atomic E-state index is 3.29. The van der Waals surface area contributed by atoms with E-state index in [0.29, 0.717) is 6.04 Å². The largest absolute Gasteiger partial charge is 0.377 e. The Morgan fingerprint density at radius 1 is 1.00 bits per heavy atom. The van der Waals surface area contributed by atoms with Gasteiger partial charge in [-0.25, -0.2) is 0 Å². The van der Waals surface area contributed by atoms with Gasteiger partial charge in [-0.3, -0.25) is 0 Å². The van der Waals surface area contributed by atoms with Crippen LogP contribution >= 0.6 is 0 Å². The third kappa shape index (κ3) is 2.96. The quantitative estimate of drug-likeness (QED) is 0.895. The highest BCUT2D eigenvalue weighted by Crippen LogP contribution is 2.30. The molecule has 0 aromatic heterocycles. The number of nitrogens with zero attached hydrogens (tertiary/aromatic N) is 1. The molecule has 100 valence electrons. The second-order valence-electron chi connectivity index (χ2n) is 5.05. The van der Waals surface area contributed by atoms with Crippen LogP contribution in [0.5, 0.6) is 0 Å². The first-order chi connectivity index (χ1) is 9.13. The van der Waals surface area contributed by atoms with E-state index in [4.69, 9.17) is 0 Å². The summed E-state index contributed by atoms with van der Waals surface area (Å²) < 4.78 is 0. The maximum absolute atomic E-state index is 3.29. The molecule has 1 N–H and O–H groups in total. The van der Waals surface area contributed by atoms with Gasteiger partial charge < -0.3 is 10.2 Å². The molecular formula is C17H22N2. The molecule has 2 heteroatoms. The van der Waals surface area contributed by atoms with Gasteiger partial charge in [-0.1, -0.05) is 36.4 Å². The van der Waals surface area contributed by atoms with Crippen molar-refractivity contribution in [1.29, 1.82) is 0 Å². The summed E-state index contributed by atoms with van der Waals surface area (Å²) in [4.78, 5) is 2.16. The third-order valence-corrected chi connectivity index (χ3v) is 3.52. The zero-order chi connectivity index (χ0) is 13.8. The molecule has 0 saturated carbocycles. The molecular weight excluding hydrogens is 232 g/mol. The molecule has 0 radical (unpaired) electrons. The van der Waals surface area contributed by atoms with Crippen LogP contribution in [0.2, 0.25) is 0 Å². The van der Waals surface area contributed by atoms with Gasteiger partial charge in [0.1, 0.15) is 0 Å². The molecule has 19 heavy (non-hydrogen) atoms. The first-order valence-electron chi connectivity index (χ1n) is 6.67. The normalized spacial score (nSPS) is 12.2. The number of para-hydroxylation sites is 1. The lowest BCUT2D eigenvalue weighted by Gasteiger charge is -2.18. The van der Waals surface area contributed by atoms with Crippen molar-refractivity contribution in [3.8, 4) is 11.1 Å². The van der Waals surface area contributed by atoms with Crippen molar-refractivity contribution in [2.24, 2.45) is 0 Å². The van der Waals surface area contributed by atoms with E-state index in [1.807, 2.05) is 7.05 Å². The van der Waals surface area contributed by atoms with Crippen LogP contribution in [-0.4, -0.2) is 21.1 Å². The van der Waals surface area contributed by atoms with E-state index < -0.39 is 0 Å². The predicted octanol–water partition coefficient (Wildman–Crippen LogP) is 3.70. The zero-order valence-electron chi connectivity index (χ0n) is 12.1. The molecule has 2 aromatic rings. The molecule has 0 saturated heterocycles. The van der Waals surface area contributed by atoms with E-state index in [1.165, 1.54) is 22.4 Å². The predicted molar refractivity (Wildman–Crippen MR) is 83.7 cm³/mol. The Morgan fingerprint density at radius 3 is 2.42 bits per heavy atom. The fourth-order valence-corrected chi connectivity index (χ4v) is 2.25. The van der Waals surface area contributed by atoms with E-state index in [0.717, 1.165) is 0 Å². The van der Waals surface area contributed by atoms with Crippen molar-refractivity contribution in [3.63, 3.8) is 0 Å². The van der Waals surface area contributed by atoms with E-state index in [-0.39, 0.29) is 0 Å². The summed E-state index contributed by atoms with van der Waals surface area (Å²) in [6, 6.07) is 17.6. The topological polar surface area (TPSA) is 15.3 Å². The van der Waals surface area contributed by atoms with Crippen LogP contribution in [0.25, 0.3) is 11.1 Å². The van der Waals surface area contributed by atoms with E-state index in [1.54, 1.807) is 0 Å².